The number of rotatable bonds is 1. The number of nitrogens with zero attached hydrogens (tertiary/aromatic N) is 1. The summed E-state index contributed by atoms with van der Waals surface area (Å²) < 4.78 is 0. The largest absolute Gasteiger partial charge is 0.327 e. The predicted octanol–water partition coefficient (Wildman–Crippen LogP) is 0.0372. The van der Waals surface area contributed by atoms with Crippen LogP contribution in [0.25, 0.3) is 0 Å². The second-order valence-corrected chi connectivity index (χ2v) is 4.56. The molecule has 1 heterocycles. The first kappa shape index (κ1) is 9.40. The number of nitrogens with two attached hydrogens (primary N) is 1. The van der Waals surface area contributed by atoms with E-state index in [0.29, 0.717) is 6.42 Å². The number of imide groups is 1. The SMILES string of the molecule is CC1(C)C(N)CC1N1C(=O)C=CC1=O. The summed E-state index contributed by atoms with van der Waals surface area (Å²) in [6.07, 6.45) is 3.36. The smallest absolute Gasteiger partial charge is 0.253 e. The van der Waals surface area contributed by atoms with Crippen LogP contribution in [-0.4, -0.2) is 28.8 Å². The van der Waals surface area contributed by atoms with E-state index in [0.717, 1.165) is 0 Å². The minimum atomic E-state index is -0.208. The molecule has 0 bridgehead atoms. The Morgan fingerprint density at radius 1 is 1.36 bits per heavy atom. The molecule has 14 heavy (non-hydrogen) atoms. The second-order valence-electron chi connectivity index (χ2n) is 4.56. The summed E-state index contributed by atoms with van der Waals surface area (Å²) in [5, 5.41) is 0. The van der Waals surface area contributed by atoms with Crippen LogP contribution >= 0.6 is 0 Å². The lowest BCUT2D eigenvalue weighted by atomic mass is 9.62. The molecule has 2 unspecified atom stereocenters. The molecular weight excluding hydrogens is 180 g/mol. The molecule has 1 aliphatic carbocycles. The fourth-order valence-corrected chi connectivity index (χ4v) is 2.09. The van der Waals surface area contributed by atoms with Gasteiger partial charge in [0.1, 0.15) is 0 Å². The van der Waals surface area contributed by atoms with Crippen LogP contribution in [0.3, 0.4) is 0 Å². The molecule has 2 atom stereocenters. The van der Waals surface area contributed by atoms with Crippen LogP contribution in [-0.2, 0) is 9.59 Å². The molecule has 0 aromatic rings. The van der Waals surface area contributed by atoms with Gasteiger partial charge in [0.15, 0.2) is 0 Å². The monoisotopic (exact) mass is 194 g/mol. The van der Waals surface area contributed by atoms with Crippen molar-refractivity contribution in [3.63, 3.8) is 0 Å². The molecule has 1 aliphatic heterocycles. The average molecular weight is 194 g/mol. The van der Waals surface area contributed by atoms with E-state index in [1.807, 2.05) is 13.8 Å². The minimum Gasteiger partial charge on any atom is -0.327 e. The molecule has 0 spiro atoms. The Labute approximate surface area is 82.7 Å². The molecule has 2 N–H and O–H groups in total. The second kappa shape index (κ2) is 2.67. The third-order valence-electron chi connectivity index (χ3n) is 3.45. The van der Waals surface area contributed by atoms with Crippen LogP contribution in [0.5, 0.6) is 0 Å². The normalized spacial score (nSPS) is 34.9. The maximum Gasteiger partial charge on any atom is 0.253 e. The molecule has 76 valence electrons. The Morgan fingerprint density at radius 2 is 1.86 bits per heavy atom. The first-order chi connectivity index (χ1) is 6.44. The minimum absolute atomic E-state index is 0.0347. The zero-order chi connectivity index (χ0) is 10.5. The van der Waals surface area contributed by atoms with Gasteiger partial charge in [-0.15, -0.1) is 0 Å². The van der Waals surface area contributed by atoms with E-state index in [1.165, 1.54) is 17.1 Å². The van der Waals surface area contributed by atoms with Gasteiger partial charge in [-0.3, -0.25) is 14.5 Å². The number of hydrogen-bond donors (Lipinski definition) is 1. The van der Waals surface area contributed by atoms with Crippen LogP contribution in [0.4, 0.5) is 0 Å². The molecule has 0 saturated heterocycles. The fourth-order valence-electron chi connectivity index (χ4n) is 2.09. The molecule has 2 aliphatic rings. The summed E-state index contributed by atoms with van der Waals surface area (Å²) in [5.41, 5.74) is 5.68. The van der Waals surface area contributed by atoms with E-state index in [9.17, 15) is 9.59 Å². The number of carbonyl (C=O) groups is 2. The molecule has 2 rings (SSSR count). The summed E-state index contributed by atoms with van der Waals surface area (Å²) in [7, 11) is 0. The predicted molar refractivity (Wildman–Crippen MR) is 51.2 cm³/mol. The zero-order valence-corrected chi connectivity index (χ0v) is 8.36. The lowest BCUT2D eigenvalue weighted by molar-refractivity contribution is -0.148. The van der Waals surface area contributed by atoms with Crippen LogP contribution in [0, 0.1) is 5.41 Å². The van der Waals surface area contributed by atoms with E-state index in [-0.39, 0.29) is 29.3 Å². The quantitative estimate of drug-likeness (QED) is 0.599. The summed E-state index contributed by atoms with van der Waals surface area (Å²) in [4.78, 5) is 24.1. The highest BCUT2D eigenvalue weighted by atomic mass is 16.2. The van der Waals surface area contributed by atoms with Gasteiger partial charge in [-0.1, -0.05) is 13.8 Å². The summed E-state index contributed by atoms with van der Waals surface area (Å²) in [6, 6.07) is 0.0428. The molecule has 4 heteroatoms. The van der Waals surface area contributed by atoms with Crippen LogP contribution in [0.2, 0.25) is 0 Å². The molecule has 0 aromatic heterocycles. The van der Waals surface area contributed by atoms with Gasteiger partial charge in [0.25, 0.3) is 11.8 Å². The molecule has 0 radical (unpaired) electrons. The maximum absolute atomic E-state index is 11.4. The third kappa shape index (κ3) is 1.04. The Balaban J connectivity index is 2.19. The highest BCUT2D eigenvalue weighted by Gasteiger charge is 2.52. The number of amides is 2. The van der Waals surface area contributed by atoms with Gasteiger partial charge in [0.2, 0.25) is 0 Å². The van der Waals surface area contributed by atoms with Gasteiger partial charge >= 0.3 is 0 Å². The van der Waals surface area contributed by atoms with E-state index in [4.69, 9.17) is 5.73 Å². The van der Waals surface area contributed by atoms with Crippen molar-refractivity contribution in [2.24, 2.45) is 11.1 Å². The first-order valence-corrected chi connectivity index (χ1v) is 4.75. The van der Waals surface area contributed by atoms with Crippen molar-refractivity contribution in [3.8, 4) is 0 Å². The topological polar surface area (TPSA) is 63.4 Å². The molecule has 2 amide bonds. The Morgan fingerprint density at radius 3 is 2.21 bits per heavy atom. The van der Waals surface area contributed by atoms with Crippen molar-refractivity contribution in [1.82, 2.24) is 4.90 Å². The van der Waals surface area contributed by atoms with Crippen LogP contribution in [0.15, 0.2) is 12.2 Å². The standard InChI is InChI=1S/C10H14N2O2/c1-10(2)6(11)5-7(10)12-8(13)3-4-9(12)14/h3-4,6-7H,5,11H2,1-2H3. The van der Waals surface area contributed by atoms with Crippen molar-refractivity contribution in [1.29, 1.82) is 0 Å². The lowest BCUT2D eigenvalue weighted by Crippen LogP contribution is -2.65. The number of carbonyl (C=O) groups excluding carboxylic acids is 2. The summed E-state index contributed by atoms with van der Waals surface area (Å²) in [6.45, 7) is 3.98. The van der Waals surface area contributed by atoms with Crippen molar-refractivity contribution in [2.45, 2.75) is 32.4 Å². The Bertz CT molecular complexity index is 315. The van der Waals surface area contributed by atoms with E-state index in [2.05, 4.69) is 0 Å². The van der Waals surface area contributed by atoms with Gasteiger partial charge in [-0.25, -0.2) is 0 Å². The van der Waals surface area contributed by atoms with Gasteiger partial charge < -0.3 is 5.73 Å². The highest BCUT2D eigenvalue weighted by molar-refractivity contribution is 6.13. The van der Waals surface area contributed by atoms with Crippen molar-refractivity contribution < 1.29 is 9.59 Å². The van der Waals surface area contributed by atoms with Gasteiger partial charge in [0, 0.05) is 29.7 Å². The Hall–Kier alpha value is -1.16. The van der Waals surface area contributed by atoms with E-state index >= 15 is 0 Å². The van der Waals surface area contributed by atoms with Gasteiger partial charge in [-0.2, -0.15) is 0 Å². The zero-order valence-electron chi connectivity index (χ0n) is 8.36. The molecule has 4 nitrogen and oxygen atoms in total. The summed E-state index contributed by atoms with van der Waals surface area (Å²) >= 11 is 0. The average Bonchev–Trinajstić information content (AvgIpc) is 2.43. The van der Waals surface area contributed by atoms with E-state index in [1.54, 1.807) is 0 Å². The fraction of sp³-hybridized carbons (Fsp3) is 0.600. The van der Waals surface area contributed by atoms with Crippen molar-refractivity contribution >= 4 is 11.8 Å². The number of hydrogen-bond acceptors (Lipinski definition) is 3. The van der Waals surface area contributed by atoms with Gasteiger partial charge in [0.05, 0.1) is 0 Å². The maximum atomic E-state index is 11.4. The molecule has 1 saturated carbocycles. The highest BCUT2D eigenvalue weighted by Crippen LogP contribution is 2.43. The van der Waals surface area contributed by atoms with Crippen molar-refractivity contribution in [2.75, 3.05) is 0 Å². The van der Waals surface area contributed by atoms with Crippen LogP contribution < -0.4 is 5.73 Å². The van der Waals surface area contributed by atoms with Crippen molar-refractivity contribution in [3.05, 3.63) is 12.2 Å². The first-order valence-electron chi connectivity index (χ1n) is 4.75. The molecule has 1 fully saturated rings. The van der Waals surface area contributed by atoms with Gasteiger partial charge in [-0.05, 0) is 6.42 Å². The third-order valence-corrected chi connectivity index (χ3v) is 3.45. The van der Waals surface area contributed by atoms with Crippen LogP contribution in [0.1, 0.15) is 20.3 Å². The molecule has 0 aromatic carbocycles. The lowest BCUT2D eigenvalue weighted by Gasteiger charge is -2.53. The summed E-state index contributed by atoms with van der Waals surface area (Å²) in [5.74, 6) is -0.417. The Kier molecular flexibility index (Phi) is 1.79. The van der Waals surface area contributed by atoms with E-state index < -0.39 is 0 Å². The molecular formula is C10H14N2O2.